The fourth-order valence-electron chi connectivity index (χ4n) is 3.50. The third-order valence-electron chi connectivity index (χ3n) is 4.77. The summed E-state index contributed by atoms with van der Waals surface area (Å²) in [5.41, 5.74) is 1.97. The maximum Gasteiger partial charge on any atom is 0.203 e. The van der Waals surface area contributed by atoms with Crippen LogP contribution in [0.4, 0.5) is 0 Å². The molecule has 142 valence electrons. The summed E-state index contributed by atoms with van der Waals surface area (Å²) in [4.78, 5) is 1.21. The number of hydrogen-bond donors (Lipinski definition) is 2. The molecule has 0 bridgehead atoms. The Morgan fingerprint density at radius 1 is 0.815 bits per heavy atom. The molecular formula is C22H26NO4+. The van der Waals surface area contributed by atoms with E-state index in [1.807, 2.05) is 30.3 Å². The first-order chi connectivity index (χ1) is 13.1. The van der Waals surface area contributed by atoms with Gasteiger partial charge in [0.1, 0.15) is 18.8 Å². The van der Waals surface area contributed by atoms with Crippen LogP contribution in [0.5, 0.6) is 23.0 Å². The topological polar surface area (TPSA) is 52.4 Å². The standard InChI is InChI=1S/C22H25NO4/c1-23(13-16-10-12-20(25-2)22(27-4)21(16)26-3)14-18-17-8-6-5-7-15(17)9-11-19(18)24/h5-12,24H,13-14H2,1-4H3/p+1. The minimum Gasteiger partial charge on any atom is -0.507 e. The minimum atomic E-state index is 0.326. The van der Waals surface area contributed by atoms with E-state index in [4.69, 9.17) is 14.2 Å². The van der Waals surface area contributed by atoms with E-state index in [9.17, 15) is 5.11 Å². The normalized spacial score (nSPS) is 12.0. The van der Waals surface area contributed by atoms with Crippen LogP contribution in [0.3, 0.4) is 0 Å². The van der Waals surface area contributed by atoms with Gasteiger partial charge in [0.2, 0.25) is 5.75 Å². The van der Waals surface area contributed by atoms with E-state index < -0.39 is 0 Å². The van der Waals surface area contributed by atoms with Gasteiger partial charge in [0.25, 0.3) is 0 Å². The molecule has 0 aliphatic carbocycles. The summed E-state index contributed by atoms with van der Waals surface area (Å²) in [7, 11) is 6.94. The average molecular weight is 368 g/mol. The van der Waals surface area contributed by atoms with Gasteiger partial charge >= 0.3 is 0 Å². The second-order valence-corrected chi connectivity index (χ2v) is 6.59. The Morgan fingerprint density at radius 2 is 1.56 bits per heavy atom. The van der Waals surface area contributed by atoms with Crippen molar-refractivity contribution in [1.29, 1.82) is 0 Å². The Labute approximate surface area is 159 Å². The number of ether oxygens (including phenoxy) is 3. The predicted octanol–water partition coefficient (Wildman–Crippen LogP) is 2.79. The molecule has 0 spiro atoms. The van der Waals surface area contributed by atoms with Gasteiger partial charge < -0.3 is 24.2 Å². The number of hydrogen-bond acceptors (Lipinski definition) is 4. The number of benzene rings is 3. The molecule has 0 aromatic heterocycles. The van der Waals surface area contributed by atoms with Crippen LogP contribution in [-0.4, -0.2) is 33.5 Å². The van der Waals surface area contributed by atoms with Crippen molar-refractivity contribution >= 4 is 10.8 Å². The van der Waals surface area contributed by atoms with Crippen molar-refractivity contribution in [2.75, 3.05) is 28.4 Å². The van der Waals surface area contributed by atoms with Crippen LogP contribution in [0.25, 0.3) is 10.8 Å². The van der Waals surface area contributed by atoms with Gasteiger partial charge in [-0.05, 0) is 29.0 Å². The number of phenols is 1. The van der Waals surface area contributed by atoms with Crippen molar-refractivity contribution in [3.8, 4) is 23.0 Å². The molecule has 3 rings (SSSR count). The summed E-state index contributed by atoms with van der Waals surface area (Å²) >= 11 is 0. The lowest BCUT2D eigenvalue weighted by molar-refractivity contribution is -0.907. The predicted molar refractivity (Wildman–Crippen MR) is 106 cm³/mol. The zero-order chi connectivity index (χ0) is 19.4. The summed E-state index contributed by atoms with van der Waals surface area (Å²) in [6.07, 6.45) is 0. The molecule has 0 saturated carbocycles. The Morgan fingerprint density at radius 3 is 2.26 bits per heavy atom. The van der Waals surface area contributed by atoms with Gasteiger partial charge in [-0.3, -0.25) is 0 Å². The van der Waals surface area contributed by atoms with E-state index in [1.54, 1.807) is 27.4 Å². The second-order valence-electron chi connectivity index (χ2n) is 6.59. The molecule has 3 aromatic rings. The van der Waals surface area contributed by atoms with Gasteiger partial charge in [0.15, 0.2) is 11.5 Å². The monoisotopic (exact) mass is 368 g/mol. The van der Waals surface area contributed by atoms with E-state index in [1.165, 1.54) is 4.90 Å². The first-order valence-corrected chi connectivity index (χ1v) is 8.87. The molecule has 2 N–H and O–H groups in total. The molecule has 0 radical (unpaired) electrons. The molecule has 0 aliphatic rings. The number of aromatic hydroxyl groups is 1. The third-order valence-corrected chi connectivity index (χ3v) is 4.77. The van der Waals surface area contributed by atoms with E-state index >= 15 is 0 Å². The fourth-order valence-corrected chi connectivity index (χ4v) is 3.50. The Bertz CT molecular complexity index is 939. The quantitative estimate of drug-likeness (QED) is 0.673. The van der Waals surface area contributed by atoms with E-state index in [0.717, 1.165) is 21.9 Å². The van der Waals surface area contributed by atoms with Crippen LogP contribution in [0.15, 0.2) is 48.5 Å². The SMILES string of the molecule is COc1ccc(C[NH+](C)Cc2c(O)ccc3ccccc23)c(OC)c1OC. The first kappa shape index (κ1) is 18.9. The summed E-state index contributed by atoms with van der Waals surface area (Å²) in [6, 6.07) is 15.7. The highest BCUT2D eigenvalue weighted by Crippen LogP contribution is 2.39. The maximum atomic E-state index is 10.4. The van der Waals surface area contributed by atoms with Gasteiger partial charge in [-0.1, -0.05) is 30.3 Å². The van der Waals surface area contributed by atoms with Crippen molar-refractivity contribution in [3.05, 3.63) is 59.7 Å². The van der Waals surface area contributed by atoms with Crippen LogP contribution in [0.2, 0.25) is 0 Å². The van der Waals surface area contributed by atoms with Crippen molar-refractivity contribution in [2.24, 2.45) is 0 Å². The molecule has 0 saturated heterocycles. The zero-order valence-electron chi connectivity index (χ0n) is 16.2. The van der Waals surface area contributed by atoms with Gasteiger partial charge in [0, 0.05) is 0 Å². The minimum absolute atomic E-state index is 0.326. The van der Waals surface area contributed by atoms with Gasteiger partial charge in [-0.2, -0.15) is 0 Å². The number of methoxy groups -OCH3 is 3. The Kier molecular flexibility index (Phi) is 5.72. The van der Waals surface area contributed by atoms with Crippen LogP contribution in [0, 0.1) is 0 Å². The second kappa shape index (κ2) is 8.18. The summed E-state index contributed by atoms with van der Waals surface area (Å²) < 4.78 is 16.4. The summed E-state index contributed by atoms with van der Waals surface area (Å²) in [5, 5.41) is 12.6. The number of fused-ring (bicyclic) bond motifs is 1. The van der Waals surface area contributed by atoms with Crippen molar-refractivity contribution in [1.82, 2.24) is 0 Å². The summed E-state index contributed by atoms with van der Waals surface area (Å²) in [5.74, 6) is 2.24. The average Bonchev–Trinajstić information content (AvgIpc) is 2.69. The van der Waals surface area contributed by atoms with Gasteiger partial charge in [0.05, 0.1) is 39.5 Å². The molecule has 3 aromatic carbocycles. The number of nitrogens with one attached hydrogen (secondary N) is 1. The lowest BCUT2D eigenvalue weighted by Crippen LogP contribution is -3.06. The molecular weight excluding hydrogens is 342 g/mol. The van der Waals surface area contributed by atoms with Crippen LogP contribution >= 0.6 is 0 Å². The molecule has 0 heterocycles. The largest absolute Gasteiger partial charge is 0.507 e. The number of quaternary nitrogens is 1. The lowest BCUT2D eigenvalue weighted by atomic mass is 10.0. The number of phenolic OH excluding ortho intramolecular Hbond substituents is 1. The van der Waals surface area contributed by atoms with Crippen LogP contribution in [-0.2, 0) is 13.1 Å². The molecule has 0 fully saturated rings. The van der Waals surface area contributed by atoms with E-state index in [-0.39, 0.29) is 0 Å². The van der Waals surface area contributed by atoms with Gasteiger partial charge in [-0.15, -0.1) is 0 Å². The van der Waals surface area contributed by atoms with Crippen molar-refractivity contribution < 1.29 is 24.2 Å². The zero-order valence-corrected chi connectivity index (χ0v) is 16.2. The molecule has 5 heteroatoms. The first-order valence-electron chi connectivity index (χ1n) is 8.87. The molecule has 27 heavy (non-hydrogen) atoms. The fraction of sp³-hybridized carbons (Fsp3) is 0.273. The third kappa shape index (κ3) is 3.78. The highest BCUT2D eigenvalue weighted by Gasteiger charge is 2.19. The Balaban J connectivity index is 1.89. The van der Waals surface area contributed by atoms with E-state index in [2.05, 4.69) is 19.2 Å². The summed E-state index contributed by atoms with van der Waals surface area (Å²) in [6.45, 7) is 1.40. The highest BCUT2D eigenvalue weighted by atomic mass is 16.5. The number of rotatable bonds is 7. The molecule has 0 amide bonds. The maximum absolute atomic E-state index is 10.4. The van der Waals surface area contributed by atoms with Crippen LogP contribution < -0.4 is 19.1 Å². The molecule has 1 atom stereocenters. The van der Waals surface area contributed by atoms with Crippen molar-refractivity contribution in [2.45, 2.75) is 13.1 Å². The lowest BCUT2D eigenvalue weighted by Gasteiger charge is -2.20. The van der Waals surface area contributed by atoms with Gasteiger partial charge in [-0.25, -0.2) is 0 Å². The van der Waals surface area contributed by atoms with Crippen LogP contribution in [0.1, 0.15) is 11.1 Å². The van der Waals surface area contributed by atoms with Crippen molar-refractivity contribution in [3.63, 3.8) is 0 Å². The molecule has 1 unspecified atom stereocenters. The van der Waals surface area contributed by atoms with E-state index in [0.29, 0.717) is 36.1 Å². The molecule has 5 nitrogen and oxygen atoms in total. The smallest absolute Gasteiger partial charge is 0.203 e. The highest BCUT2D eigenvalue weighted by molar-refractivity contribution is 5.87. The Hall–Kier alpha value is -2.92. The molecule has 0 aliphatic heterocycles.